The molecule has 0 unspecified atom stereocenters. The van der Waals surface area contributed by atoms with Gasteiger partial charge in [-0.1, -0.05) is 23.7 Å². The number of hydrogen-bond acceptors (Lipinski definition) is 2. The number of pyridine rings is 1. The van der Waals surface area contributed by atoms with Gasteiger partial charge in [0, 0.05) is 27.9 Å². The van der Waals surface area contributed by atoms with Gasteiger partial charge < -0.3 is 4.98 Å². The standard InChI is InChI=1S/C20H13ClFNOS/c21-17-3-1-13(18(22)10-17)8-15-9-16(11-23-20(15)24)12-2-4-19-14(7-12)5-6-25-19/h1-7,9-11H,8H2,(H,23,24). The van der Waals surface area contributed by atoms with Gasteiger partial charge in [0.05, 0.1) is 0 Å². The van der Waals surface area contributed by atoms with Crippen LogP contribution >= 0.6 is 22.9 Å². The van der Waals surface area contributed by atoms with Crippen LogP contribution in [0.2, 0.25) is 5.02 Å². The van der Waals surface area contributed by atoms with E-state index < -0.39 is 5.82 Å². The van der Waals surface area contributed by atoms with Crippen LogP contribution in [0.4, 0.5) is 4.39 Å². The molecule has 0 bridgehead atoms. The summed E-state index contributed by atoms with van der Waals surface area (Å²) in [7, 11) is 0. The van der Waals surface area contributed by atoms with Crippen molar-refractivity contribution in [2.75, 3.05) is 0 Å². The van der Waals surface area contributed by atoms with Gasteiger partial charge >= 0.3 is 0 Å². The maximum absolute atomic E-state index is 14.0. The molecule has 0 radical (unpaired) electrons. The Morgan fingerprint density at radius 2 is 1.88 bits per heavy atom. The maximum Gasteiger partial charge on any atom is 0.251 e. The van der Waals surface area contributed by atoms with Crippen molar-refractivity contribution in [3.05, 3.63) is 92.4 Å². The van der Waals surface area contributed by atoms with Crippen molar-refractivity contribution in [3.63, 3.8) is 0 Å². The molecule has 4 aromatic rings. The Labute approximate surface area is 152 Å². The Balaban J connectivity index is 1.74. The number of fused-ring (bicyclic) bond motifs is 1. The van der Waals surface area contributed by atoms with E-state index in [4.69, 9.17) is 11.6 Å². The number of thiophene rings is 1. The second-order valence-corrected chi connectivity index (χ2v) is 7.21. The Morgan fingerprint density at radius 3 is 2.72 bits per heavy atom. The first-order valence-electron chi connectivity index (χ1n) is 7.73. The molecule has 25 heavy (non-hydrogen) atoms. The van der Waals surface area contributed by atoms with Crippen LogP contribution in [0, 0.1) is 5.82 Å². The van der Waals surface area contributed by atoms with Crippen LogP contribution in [-0.4, -0.2) is 4.98 Å². The van der Waals surface area contributed by atoms with Crippen LogP contribution in [0.15, 0.2) is 64.9 Å². The number of H-pyrrole nitrogens is 1. The van der Waals surface area contributed by atoms with Crippen LogP contribution in [0.25, 0.3) is 21.2 Å². The topological polar surface area (TPSA) is 32.9 Å². The van der Waals surface area contributed by atoms with E-state index in [1.54, 1.807) is 29.7 Å². The molecular formula is C20H13ClFNOS. The first-order chi connectivity index (χ1) is 12.1. The van der Waals surface area contributed by atoms with Gasteiger partial charge in [0.25, 0.3) is 5.56 Å². The van der Waals surface area contributed by atoms with E-state index in [0.29, 0.717) is 16.1 Å². The van der Waals surface area contributed by atoms with Crippen LogP contribution in [0.3, 0.4) is 0 Å². The third-order valence-electron chi connectivity index (χ3n) is 4.16. The van der Waals surface area contributed by atoms with Gasteiger partial charge in [-0.05, 0) is 63.9 Å². The zero-order valence-electron chi connectivity index (χ0n) is 13.1. The highest BCUT2D eigenvalue weighted by molar-refractivity contribution is 7.17. The number of hydrogen-bond donors (Lipinski definition) is 1. The van der Waals surface area contributed by atoms with E-state index >= 15 is 0 Å². The number of aromatic amines is 1. The van der Waals surface area contributed by atoms with E-state index in [-0.39, 0.29) is 12.0 Å². The molecule has 0 aliphatic rings. The molecule has 1 N–H and O–H groups in total. The fourth-order valence-electron chi connectivity index (χ4n) is 2.85. The quantitative estimate of drug-likeness (QED) is 0.498. The second-order valence-electron chi connectivity index (χ2n) is 5.83. The number of benzene rings is 2. The summed E-state index contributed by atoms with van der Waals surface area (Å²) in [5, 5.41) is 3.56. The van der Waals surface area contributed by atoms with E-state index in [2.05, 4.69) is 28.6 Å². The molecule has 2 aromatic heterocycles. The molecule has 2 nitrogen and oxygen atoms in total. The molecule has 124 valence electrons. The molecule has 0 aliphatic heterocycles. The smallest absolute Gasteiger partial charge is 0.251 e. The van der Waals surface area contributed by atoms with Crippen LogP contribution < -0.4 is 5.56 Å². The molecule has 0 aliphatic carbocycles. The summed E-state index contributed by atoms with van der Waals surface area (Å²) in [5.41, 5.74) is 2.66. The highest BCUT2D eigenvalue weighted by Gasteiger charge is 2.09. The van der Waals surface area contributed by atoms with Gasteiger partial charge in [0.1, 0.15) is 5.82 Å². The zero-order chi connectivity index (χ0) is 17.4. The van der Waals surface area contributed by atoms with E-state index in [9.17, 15) is 9.18 Å². The first-order valence-corrected chi connectivity index (χ1v) is 8.99. The first kappa shape index (κ1) is 16.1. The summed E-state index contributed by atoms with van der Waals surface area (Å²) >= 11 is 7.48. The number of rotatable bonds is 3. The van der Waals surface area contributed by atoms with E-state index in [1.165, 1.54) is 16.2 Å². The van der Waals surface area contributed by atoms with Crippen molar-refractivity contribution in [1.29, 1.82) is 0 Å². The Kier molecular flexibility index (Phi) is 4.15. The van der Waals surface area contributed by atoms with Crippen molar-refractivity contribution < 1.29 is 4.39 Å². The fraction of sp³-hybridized carbons (Fsp3) is 0.0500. The lowest BCUT2D eigenvalue weighted by molar-refractivity contribution is 0.614. The lowest BCUT2D eigenvalue weighted by Crippen LogP contribution is -2.13. The summed E-state index contributed by atoms with van der Waals surface area (Å²) < 4.78 is 15.3. The third-order valence-corrected chi connectivity index (χ3v) is 5.29. The summed E-state index contributed by atoms with van der Waals surface area (Å²) in [6.45, 7) is 0. The second kappa shape index (κ2) is 6.47. The normalized spacial score (nSPS) is 11.1. The highest BCUT2D eigenvalue weighted by Crippen LogP contribution is 2.27. The molecule has 0 amide bonds. The SMILES string of the molecule is O=c1[nH]cc(-c2ccc3sccc3c2)cc1Cc1ccc(Cl)cc1F. The minimum absolute atomic E-state index is 0.213. The van der Waals surface area contributed by atoms with Crippen molar-refractivity contribution in [1.82, 2.24) is 4.98 Å². The summed E-state index contributed by atoms with van der Waals surface area (Å²) in [6.07, 6.45) is 1.91. The van der Waals surface area contributed by atoms with E-state index in [1.807, 2.05) is 12.1 Å². The van der Waals surface area contributed by atoms with Gasteiger partial charge in [0.2, 0.25) is 0 Å². The lowest BCUT2D eigenvalue weighted by atomic mass is 10.0. The predicted octanol–water partition coefficient (Wildman–Crippen LogP) is 5.64. The zero-order valence-corrected chi connectivity index (χ0v) is 14.6. The van der Waals surface area contributed by atoms with Crippen molar-refractivity contribution in [3.8, 4) is 11.1 Å². The molecule has 0 saturated carbocycles. The molecular weight excluding hydrogens is 357 g/mol. The highest BCUT2D eigenvalue weighted by atomic mass is 35.5. The van der Waals surface area contributed by atoms with Gasteiger partial charge in [-0.3, -0.25) is 4.79 Å². The molecule has 0 spiro atoms. The summed E-state index contributed by atoms with van der Waals surface area (Å²) in [5.74, 6) is -0.406. The van der Waals surface area contributed by atoms with Crippen LogP contribution in [0.1, 0.15) is 11.1 Å². The van der Waals surface area contributed by atoms with Gasteiger partial charge in [-0.2, -0.15) is 0 Å². The Morgan fingerprint density at radius 1 is 1.00 bits per heavy atom. The van der Waals surface area contributed by atoms with Gasteiger partial charge in [0.15, 0.2) is 0 Å². The average molecular weight is 370 g/mol. The van der Waals surface area contributed by atoms with E-state index in [0.717, 1.165) is 11.1 Å². The van der Waals surface area contributed by atoms with Crippen molar-refractivity contribution in [2.24, 2.45) is 0 Å². The summed E-state index contributed by atoms with van der Waals surface area (Å²) in [4.78, 5) is 14.9. The molecule has 2 aromatic carbocycles. The molecule has 4 rings (SSSR count). The maximum atomic E-state index is 14.0. The van der Waals surface area contributed by atoms with Crippen molar-refractivity contribution >= 4 is 33.0 Å². The number of nitrogens with one attached hydrogen (secondary N) is 1. The molecule has 0 saturated heterocycles. The van der Waals surface area contributed by atoms with Crippen molar-refractivity contribution in [2.45, 2.75) is 6.42 Å². The average Bonchev–Trinajstić information content (AvgIpc) is 3.06. The predicted molar refractivity (Wildman–Crippen MR) is 102 cm³/mol. The van der Waals surface area contributed by atoms with Crippen LogP contribution in [0.5, 0.6) is 0 Å². The third kappa shape index (κ3) is 3.23. The van der Waals surface area contributed by atoms with Gasteiger partial charge in [-0.15, -0.1) is 11.3 Å². The molecule has 0 fully saturated rings. The minimum Gasteiger partial charge on any atom is -0.328 e. The van der Waals surface area contributed by atoms with Gasteiger partial charge in [-0.25, -0.2) is 4.39 Å². The number of aromatic nitrogens is 1. The van der Waals surface area contributed by atoms with Crippen LogP contribution in [-0.2, 0) is 6.42 Å². The largest absolute Gasteiger partial charge is 0.328 e. The molecule has 5 heteroatoms. The Hall–Kier alpha value is -2.43. The fourth-order valence-corrected chi connectivity index (χ4v) is 3.78. The number of halogens is 2. The lowest BCUT2D eigenvalue weighted by Gasteiger charge is -2.07. The Bertz CT molecular complexity index is 1130. The summed E-state index contributed by atoms with van der Waals surface area (Å²) in [6, 6.07) is 14.6. The molecule has 2 heterocycles. The minimum atomic E-state index is -0.406. The monoisotopic (exact) mass is 369 g/mol. The molecule has 0 atom stereocenters.